The van der Waals surface area contributed by atoms with Gasteiger partial charge in [-0.25, -0.2) is 4.79 Å². The minimum Gasteiger partial charge on any atom is -0.368 e. The molecule has 0 aromatic heterocycles. The third kappa shape index (κ3) is 4.83. The van der Waals surface area contributed by atoms with Crippen LogP contribution in [0.1, 0.15) is 52.4 Å². The van der Waals surface area contributed by atoms with Crippen molar-refractivity contribution >= 4 is 17.7 Å². The number of carbonyl (C=O) groups excluding carboxylic acids is 3. The number of nitrogens with one attached hydrogen (secondary N) is 1. The van der Waals surface area contributed by atoms with E-state index in [1.54, 1.807) is 12.1 Å². The summed E-state index contributed by atoms with van der Waals surface area (Å²) >= 11 is 0. The topological polar surface area (TPSA) is 92.5 Å². The van der Waals surface area contributed by atoms with Crippen LogP contribution >= 0.6 is 0 Å². The van der Waals surface area contributed by atoms with Crippen molar-refractivity contribution in [2.45, 2.75) is 38.3 Å². The molecule has 1 aliphatic heterocycles. The second-order valence-electron chi connectivity index (χ2n) is 9.03. The second kappa shape index (κ2) is 10.6. The van der Waals surface area contributed by atoms with Crippen molar-refractivity contribution in [1.29, 1.82) is 0 Å². The molecule has 3 amide bonds. The predicted octanol–water partition coefficient (Wildman–Crippen LogP) is 4.61. The molecule has 3 aromatic carbocycles. The number of hydrogen-bond donors (Lipinski definition) is 2. The number of ketones is 1. The Bertz CT molecular complexity index is 1180. The van der Waals surface area contributed by atoms with Crippen molar-refractivity contribution in [3.63, 3.8) is 0 Å². The highest BCUT2D eigenvalue weighted by molar-refractivity contribution is 6.01. The molecule has 6 heteroatoms. The van der Waals surface area contributed by atoms with Gasteiger partial charge in [-0.05, 0) is 24.5 Å². The normalized spacial score (nSPS) is 21.5. The number of nitrogens with two attached hydrogens (primary N) is 1. The lowest BCUT2D eigenvalue weighted by molar-refractivity contribution is -0.122. The average Bonchev–Trinajstić information content (AvgIpc) is 3.25. The molecule has 0 saturated carbocycles. The summed E-state index contributed by atoms with van der Waals surface area (Å²) in [6.07, 6.45) is 0.741. The summed E-state index contributed by atoms with van der Waals surface area (Å²) in [6.45, 7) is 4.40. The molecule has 0 radical (unpaired) electrons. The van der Waals surface area contributed by atoms with Gasteiger partial charge in [0.1, 0.15) is 6.04 Å². The number of urea groups is 1. The highest BCUT2D eigenvalue weighted by Gasteiger charge is 2.56. The van der Waals surface area contributed by atoms with Gasteiger partial charge in [-0.15, -0.1) is 0 Å². The number of Topliss-reactive ketones (excluding diaryl/α,β-unsaturated/α-hetero) is 1. The van der Waals surface area contributed by atoms with Crippen LogP contribution in [0.4, 0.5) is 4.79 Å². The van der Waals surface area contributed by atoms with Gasteiger partial charge in [0.2, 0.25) is 5.91 Å². The summed E-state index contributed by atoms with van der Waals surface area (Å²) in [5.74, 6) is -2.06. The van der Waals surface area contributed by atoms with Crippen LogP contribution in [0.5, 0.6) is 0 Å². The summed E-state index contributed by atoms with van der Waals surface area (Å²) in [5, 5.41) is 2.91. The van der Waals surface area contributed by atoms with Crippen LogP contribution in [0.2, 0.25) is 0 Å². The first kappa shape index (κ1) is 24.2. The van der Waals surface area contributed by atoms with Gasteiger partial charge in [0.25, 0.3) is 0 Å². The Hall–Kier alpha value is -3.93. The Labute approximate surface area is 206 Å². The molecule has 4 atom stereocenters. The Kier molecular flexibility index (Phi) is 7.30. The van der Waals surface area contributed by atoms with Crippen LogP contribution in [0, 0.1) is 12.8 Å². The Morgan fingerprint density at radius 1 is 0.857 bits per heavy atom. The van der Waals surface area contributed by atoms with E-state index >= 15 is 0 Å². The fourth-order valence-corrected chi connectivity index (χ4v) is 5.10. The van der Waals surface area contributed by atoms with Crippen LogP contribution in [0.15, 0.2) is 84.9 Å². The number of likely N-dealkylation sites (tertiary alicyclic amines) is 1. The maximum Gasteiger partial charge on any atom is 0.318 e. The number of amides is 3. The first-order chi connectivity index (χ1) is 16.9. The third-order valence-corrected chi connectivity index (χ3v) is 6.68. The van der Waals surface area contributed by atoms with Crippen molar-refractivity contribution in [3.05, 3.63) is 107 Å². The molecule has 0 bridgehead atoms. The molecule has 0 aliphatic carbocycles. The van der Waals surface area contributed by atoms with E-state index in [9.17, 15) is 14.4 Å². The predicted molar refractivity (Wildman–Crippen MR) is 136 cm³/mol. The molecule has 35 heavy (non-hydrogen) atoms. The van der Waals surface area contributed by atoms with Crippen LogP contribution in [0.25, 0.3) is 0 Å². The van der Waals surface area contributed by atoms with E-state index in [0.29, 0.717) is 12.1 Å². The maximum atomic E-state index is 14.1. The fraction of sp³-hybridized carbons (Fsp3) is 0.276. The van der Waals surface area contributed by atoms with E-state index in [1.165, 1.54) is 4.90 Å². The fourth-order valence-electron chi connectivity index (χ4n) is 5.10. The molecule has 1 aliphatic rings. The standard InChI is InChI=1S/C29H31N3O3/c1-3-18-31-29(35)32-25(21-16-14-19(2)15-17-21)24(27(33)22-12-8-5-9-13-22)23(26(32)28(30)34)20-10-6-4-7-11-20/h4-17,23-26H,3,18H2,1-2H3,(H2,30,34)(H,31,35). The molecule has 0 spiro atoms. The zero-order valence-electron chi connectivity index (χ0n) is 20.1. The SMILES string of the molecule is CCCNC(=O)N1C(C(N)=O)C(c2ccccc2)C(C(=O)c2ccccc2)C1c1ccc(C)cc1. The summed E-state index contributed by atoms with van der Waals surface area (Å²) in [7, 11) is 0. The third-order valence-electron chi connectivity index (χ3n) is 6.68. The van der Waals surface area contributed by atoms with E-state index in [1.807, 2.05) is 86.6 Å². The summed E-state index contributed by atoms with van der Waals surface area (Å²) in [6, 6.07) is 24.2. The quantitative estimate of drug-likeness (QED) is 0.495. The molecule has 1 saturated heterocycles. The zero-order valence-corrected chi connectivity index (χ0v) is 20.1. The number of primary amides is 1. The summed E-state index contributed by atoms with van der Waals surface area (Å²) in [4.78, 5) is 42.2. The number of nitrogens with zero attached hydrogens (tertiary/aromatic N) is 1. The first-order valence-electron chi connectivity index (χ1n) is 12.0. The summed E-state index contributed by atoms with van der Waals surface area (Å²) in [5.41, 5.74) is 9.17. The second-order valence-corrected chi connectivity index (χ2v) is 9.03. The van der Waals surface area contributed by atoms with Crippen molar-refractivity contribution in [1.82, 2.24) is 10.2 Å². The van der Waals surface area contributed by atoms with Gasteiger partial charge in [0.15, 0.2) is 5.78 Å². The number of aryl methyl sites for hydroxylation is 1. The highest BCUT2D eigenvalue weighted by atomic mass is 16.2. The smallest absolute Gasteiger partial charge is 0.318 e. The maximum absolute atomic E-state index is 14.1. The van der Waals surface area contributed by atoms with E-state index < -0.39 is 35.9 Å². The monoisotopic (exact) mass is 469 g/mol. The lowest BCUT2D eigenvalue weighted by atomic mass is 9.76. The van der Waals surface area contributed by atoms with Crippen molar-refractivity contribution in [3.8, 4) is 0 Å². The molecule has 1 fully saturated rings. The van der Waals surface area contributed by atoms with Crippen LogP contribution in [-0.4, -0.2) is 35.2 Å². The van der Waals surface area contributed by atoms with E-state index in [0.717, 1.165) is 23.1 Å². The zero-order chi connectivity index (χ0) is 24.9. The van der Waals surface area contributed by atoms with Gasteiger partial charge >= 0.3 is 6.03 Å². The Balaban J connectivity index is 1.95. The van der Waals surface area contributed by atoms with E-state index in [4.69, 9.17) is 5.73 Å². The highest BCUT2D eigenvalue weighted by Crippen LogP contribution is 2.51. The van der Waals surface area contributed by atoms with Gasteiger partial charge < -0.3 is 16.0 Å². The minimum atomic E-state index is -0.988. The van der Waals surface area contributed by atoms with Gasteiger partial charge in [-0.1, -0.05) is 97.4 Å². The van der Waals surface area contributed by atoms with Gasteiger partial charge in [0, 0.05) is 18.0 Å². The number of carbonyl (C=O) groups is 3. The molecular weight excluding hydrogens is 438 g/mol. The molecule has 3 N–H and O–H groups in total. The lowest BCUT2D eigenvalue weighted by Crippen LogP contribution is -2.50. The van der Waals surface area contributed by atoms with Gasteiger partial charge in [-0.2, -0.15) is 0 Å². The largest absolute Gasteiger partial charge is 0.368 e. The first-order valence-corrected chi connectivity index (χ1v) is 12.0. The molecule has 4 rings (SSSR count). The molecule has 3 aromatic rings. The van der Waals surface area contributed by atoms with Crippen LogP contribution < -0.4 is 11.1 Å². The van der Waals surface area contributed by atoms with Crippen LogP contribution in [-0.2, 0) is 4.79 Å². The Morgan fingerprint density at radius 3 is 2.03 bits per heavy atom. The van der Waals surface area contributed by atoms with E-state index in [-0.39, 0.29) is 5.78 Å². The van der Waals surface area contributed by atoms with Gasteiger partial charge in [-0.3, -0.25) is 9.59 Å². The van der Waals surface area contributed by atoms with Crippen molar-refractivity contribution < 1.29 is 14.4 Å². The van der Waals surface area contributed by atoms with Gasteiger partial charge in [0.05, 0.1) is 12.0 Å². The number of rotatable bonds is 7. The van der Waals surface area contributed by atoms with Crippen molar-refractivity contribution in [2.75, 3.05) is 6.54 Å². The molecule has 6 nitrogen and oxygen atoms in total. The molecule has 4 unspecified atom stereocenters. The lowest BCUT2D eigenvalue weighted by Gasteiger charge is -2.31. The molecule has 1 heterocycles. The summed E-state index contributed by atoms with van der Waals surface area (Å²) < 4.78 is 0. The molecular formula is C29H31N3O3. The number of hydrogen-bond acceptors (Lipinski definition) is 3. The van der Waals surface area contributed by atoms with Crippen molar-refractivity contribution in [2.24, 2.45) is 11.7 Å². The van der Waals surface area contributed by atoms with Crippen LogP contribution in [0.3, 0.4) is 0 Å². The average molecular weight is 470 g/mol. The minimum absolute atomic E-state index is 0.123. The molecule has 180 valence electrons. The van der Waals surface area contributed by atoms with E-state index in [2.05, 4.69) is 5.32 Å². The Morgan fingerprint density at radius 2 is 1.46 bits per heavy atom. The number of benzene rings is 3.